The highest BCUT2D eigenvalue weighted by atomic mass is 32.2. The second-order valence-corrected chi connectivity index (χ2v) is 9.27. The molecule has 1 saturated heterocycles. The van der Waals surface area contributed by atoms with Gasteiger partial charge < -0.3 is 25.6 Å². The van der Waals surface area contributed by atoms with Crippen molar-refractivity contribution in [3.8, 4) is 0 Å². The molecule has 1 saturated carbocycles. The number of aliphatic hydroxyl groups excluding tert-OH is 2. The summed E-state index contributed by atoms with van der Waals surface area (Å²) in [6.45, 7) is 8.40. The van der Waals surface area contributed by atoms with E-state index in [0.717, 1.165) is 12.8 Å². The predicted molar refractivity (Wildman–Crippen MR) is 116 cm³/mol. The minimum absolute atomic E-state index is 0.0610. The van der Waals surface area contributed by atoms with Gasteiger partial charge in [-0.1, -0.05) is 13.8 Å². The normalized spacial score (nSPS) is 21.4. The zero-order valence-electron chi connectivity index (χ0n) is 18.2. The number of esters is 1. The molecule has 0 radical (unpaired) electrons. The van der Waals surface area contributed by atoms with Crippen LogP contribution in [0.1, 0.15) is 47.0 Å². The third-order valence-corrected chi connectivity index (χ3v) is 6.59. The number of nitrogens with two attached hydrogens (primary N) is 1. The first kappa shape index (κ1) is 25.5. The summed E-state index contributed by atoms with van der Waals surface area (Å²) in [6.07, 6.45) is 2.27. The lowest BCUT2D eigenvalue weighted by Gasteiger charge is -2.36. The Morgan fingerprint density at radius 1 is 1.34 bits per heavy atom. The summed E-state index contributed by atoms with van der Waals surface area (Å²) >= 11 is 1.54. The number of amides is 1. The van der Waals surface area contributed by atoms with Crippen molar-refractivity contribution in [2.45, 2.75) is 56.5 Å². The van der Waals surface area contributed by atoms with Gasteiger partial charge in [-0.05, 0) is 33.1 Å². The number of aliphatic hydroxyl groups is 2. The summed E-state index contributed by atoms with van der Waals surface area (Å²) in [4.78, 5) is 30.6. The number of carbonyl (C=O) groups is 2. The van der Waals surface area contributed by atoms with Gasteiger partial charge in [0.15, 0.2) is 0 Å². The molecule has 1 aliphatic carbocycles. The van der Waals surface area contributed by atoms with Gasteiger partial charge in [-0.15, -0.1) is 11.8 Å². The maximum absolute atomic E-state index is 12.9. The van der Waals surface area contributed by atoms with Crippen LogP contribution >= 0.6 is 11.8 Å². The van der Waals surface area contributed by atoms with Crippen LogP contribution in [0.25, 0.3) is 0 Å². The lowest BCUT2D eigenvalue weighted by atomic mass is 9.98. The van der Waals surface area contributed by atoms with Gasteiger partial charge in [0.05, 0.1) is 24.6 Å². The van der Waals surface area contributed by atoms with Crippen molar-refractivity contribution in [3.63, 3.8) is 0 Å². The predicted octanol–water partition coefficient (Wildman–Crippen LogP) is 1.10. The Morgan fingerprint density at radius 2 is 1.93 bits per heavy atom. The molecule has 0 atom stereocenters. The number of rotatable bonds is 8. The summed E-state index contributed by atoms with van der Waals surface area (Å²) in [5, 5.41) is 19.1. The summed E-state index contributed by atoms with van der Waals surface area (Å²) in [5.41, 5.74) is 6.47. The van der Waals surface area contributed by atoms with Gasteiger partial charge in [0.1, 0.15) is 11.4 Å². The van der Waals surface area contributed by atoms with E-state index in [2.05, 4.69) is 4.99 Å². The molecule has 0 bridgehead atoms. The Kier molecular flexibility index (Phi) is 9.64. The zero-order valence-corrected chi connectivity index (χ0v) is 19.0. The molecular weight excluding hydrogens is 394 g/mol. The van der Waals surface area contributed by atoms with Crippen molar-refractivity contribution in [2.75, 3.05) is 40.0 Å². The molecule has 0 aromatic carbocycles. The molecule has 0 spiro atoms. The number of carbonyl (C=O) groups excluding carboxylic acids is 2. The van der Waals surface area contributed by atoms with Gasteiger partial charge >= 0.3 is 5.97 Å². The number of aliphatic imine (C=N–C) groups is 1. The van der Waals surface area contributed by atoms with Crippen LogP contribution in [-0.4, -0.2) is 82.2 Å². The molecule has 166 valence electrons. The first-order chi connectivity index (χ1) is 13.7. The first-order valence-electron chi connectivity index (χ1n) is 10.1. The molecule has 1 aliphatic heterocycles. The fourth-order valence-corrected chi connectivity index (χ4v) is 4.84. The molecule has 2 fully saturated rings. The fraction of sp³-hybridized carbons (Fsp3) is 0.750. The van der Waals surface area contributed by atoms with Crippen LogP contribution in [0.5, 0.6) is 0 Å². The van der Waals surface area contributed by atoms with E-state index in [1.54, 1.807) is 11.8 Å². The average molecular weight is 430 g/mol. The largest absolute Gasteiger partial charge is 0.461 e. The van der Waals surface area contributed by atoms with E-state index in [9.17, 15) is 19.8 Å². The van der Waals surface area contributed by atoms with Gasteiger partial charge in [-0.3, -0.25) is 9.79 Å². The van der Waals surface area contributed by atoms with Gasteiger partial charge in [0.25, 0.3) is 5.91 Å². The minimum Gasteiger partial charge on any atom is -0.461 e. The lowest BCUT2D eigenvalue weighted by molar-refractivity contribution is -0.138. The van der Waals surface area contributed by atoms with Crippen molar-refractivity contribution < 1.29 is 24.5 Å². The van der Waals surface area contributed by atoms with E-state index < -0.39 is 10.7 Å². The maximum atomic E-state index is 12.9. The molecule has 1 amide bonds. The molecule has 9 heteroatoms. The number of piperidine rings is 1. The number of hydrogen-bond acceptors (Lipinski definition) is 8. The smallest absolute Gasteiger partial charge is 0.354 e. The highest BCUT2D eigenvalue weighted by molar-refractivity contribution is 8.02. The highest BCUT2D eigenvalue weighted by Crippen LogP contribution is 2.54. The monoisotopic (exact) mass is 429 g/mol. The SMILES string of the molecule is CC.CCOC(=O)/C(N)=C1\CCN(CC2(SC(C)(CO)CO)CC2)C(=O)C1=NC. The summed E-state index contributed by atoms with van der Waals surface area (Å²) in [6, 6.07) is 0. The van der Waals surface area contributed by atoms with Crippen LogP contribution < -0.4 is 5.73 Å². The van der Waals surface area contributed by atoms with E-state index in [0.29, 0.717) is 25.1 Å². The Labute approximate surface area is 177 Å². The van der Waals surface area contributed by atoms with Crippen molar-refractivity contribution in [2.24, 2.45) is 10.7 Å². The van der Waals surface area contributed by atoms with Crippen LogP contribution in [0.3, 0.4) is 0 Å². The quantitative estimate of drug-likeness (QED) is 0.390. The molecular formula is C20H35N3O5S. The third-order valence-electron chi connectivity index (χ3n) is 4.87. The molecule has 0 unspecified atom stereocenters. The second kappa shape index (κ2) is 11.0. The van der Waals surface area contributed by atoms with Gasteiger partial charge in [0, 0.05) is 30.5 Å². The van der Waals surface area contributed by atoms with Crippen LogP contribution in [0, 0.1) is 0 Å². The molecule has 0 aromatic heterocycles. The van der Waals surface area contributed by atoms with Crippen molar-refractivity contribution in [3.05, 3.63) is 11.3 Å². The minimum atomic E-state index is -0.642. The van der Waals surface area contributed by atoms with E-state index in [4.69, 9.17) is 10.5 Å². The van der Waals surface area contributed by atoms with Crippen molar-refractivity contribution in [1.29, 1.82) is 0 Å². The van der Waals surface area contributed by atoms with Crippen LogP contribution in [0.15, 0.2) is 16.3 Å². The Morgan fingerprint density at radius 3 is 2.38 bits per heavy atom. The molecule has 0 aromatic rings. The molecule has 1 heterocycles. The van der Waals surface area contributed by atoms with E-state index in [-0.39, 0.29) is 41.9 Å². The van der Waals surface area contributed by atoms with Gasteiger partial charge in [-0.2, -0.15) is 0 Å². The number of ether oxygens (including phenoxy) is 1. The van der Waals surface area contributed by atoms with Gasteiger partial charge in [0.2, 0.25) is 0 Å². The highest BCUT2D eigenvalue weighted by Gasteiger charge is 2.50. The Balaban J connectivity index is 0.00000204. The summed E-state index contributed by atoms with van der Waals surface area (Å²) < 4.78 is 4.12. The maximum Gasteiger partial charge on any atom is 0.354 e. The molecule has 4 N–H and O–H groups in total. The zero-order chi connectivity index (χ0) is 22.2. The van der Waals surface area contributed by atoms with Gasteiger partial charge in [-0.25, -0.2) is 4.79 Å². The number of likely N-dealkylation sites (tertiary alicyclic amines) is 1. The Bertz CT molecular complexity index is 655. The molecule has 2 rings (SSSR count). The lowest BCUT2D eigenvalue weighted by Crippen LogP contribution is -2.48. The third kappa shape index (κ3) is 6.20. The van der Waals surface area contributed by atoms with Crippen LogP contribution in [0.4, 0.5) is 0 Å². The van der Waals surface area contributed by atoms with Crippen LogP contribution in [-0.2, 0) is 14.3 Å². The van der Waals surface area contributed by atoms with E-state index in [1.165, 1.54) is 18.8 Å². The standard InChI is InChI=1S/C18H29N3O5S.C2H6/c1-4-26-16(25)13(19)12-5-8-21(15(24)14(12)20-3)9-18(6-7-18)27-17(2,10-22)11-23;1-2/h22-23H,4-11,19H2,1-3H3;1-2H3/b13-12-,20-14?;. The van der Waals surface area contributed by atoms with Crippen molar-refractivity contribution in [1.82, 2.24) is 4.90 Å². The topological polar surface area (TPSA) is 125 Å². The summed E-state index contributed by atoms with van der Waals surface area (Å²) in [7, 11) is 1.51. The summed E-state index contributed by atoms with van der Waals surface area (Å²) in [5.74, 6) is -0.890. The first-order valence-corrected chi connectivity index (χ1v) is 10.9. The molecule has 2 aliphatic rings. The average Bonchev–Trinajstić information content (AvgIpc) is 3.49. The number of hydrogen-bond donors (Lipinski definition) is 3. The molecule has 29 heavy (non-hydrogen) atoms. The van der Waals surface area contributed by atoms with E-state index >= 15 is 0 Å². The second-order valence-electron chi connectivity index (χ2n) is 7.21. The van der Waals surface area contributed by atoms with E-state index in [1.807, 2.05) is 20.8 Å². The fourth-order valence-electron chi connectivity index (χ4n) is 3.14. The Hall–Kier alpha value is -1.58. The van der Waals surface area contributed by atoms with Crippen LogP contribution in [0.2, 0.25) is 0 Å². The number of nitrogens with zero attached hydrogens (tertiary/aromatic N) is 2. The van der Waals surface area contributed by atoms with Crippen molar-refractivity contribution >= 4 is 29.4 Å². The number of thioether (sulfide) groups is 1. The molecule has 8 nitrogen and oxygen atoms in total.